The number of nitrogens with zero attached hydrogens (tertiary/aromatic N) is 3. The highest BCUT2D eigenvalue weighted by Crippen LogP contribution is 2.17. The van der Waals surface area contributed by atoms with Crippen LogP contribution in [0.1, 0.15) is 18.7 Å². The highest BCUT2D eigenvalue weighted by molar-refractivity contribution is 6.30. The Morgan fingerprint density at radius 3 is 3.00 bits per heavy atom. The summed E-state index contributed by atoms with van der Waals surface area (Å²) in [5, 5.41) is 8.53. The van der Waals surface area contributed by atoms with Crippen LogP contribution in [0.25, 0.3) is 5.65 Å². The lowest BCUT2D eigenvalue weighted by Gasteiger charge is -2.20. The van der Waals surface area contributed by atoms with Gasteiger partial charge in [0.15, 0.2) is 11.5 Å². The molecule has 17 heavy (non-hydrogen) atoms. The summed E-state index contributed by atoms with van der Waals surface area (Å²) >= 11 is 5.92. The monoisotopic (exact) mass is 250 g/mol. The van der Waals surface area contributed by atoms with Gasteiger partial charge in [0.05, 0.1) is 5.02 Å². The second kappa shape index (κ2) is 4.63. The minimum Gasteiger partial charge on any atom is -0.317 e. The number of hydrogen-bond acceptors (Lipinski definition) is 3. The maximum atomic E-state index is 5.92. The zero-order chi connectivity index (χ0) is 11.7. The second-order valence-electron chi connectivity index (χ2n) is 4.58. The third-order valence-corrected chi connectivity index (χ3v) is 3.49. The van der Waals surface area contributed by atoms with Crippen LogP contribution < -0.4 is 5.32 Å². The fraction of sp³-hybridized carbons (Fsp3) is 0.500. The number of pyridine rings is 1. The molecule has 0 aliphatic carbocycles. The van der Waals surface area contributed by atoms with Crippen molar-refractivity contribution in [2.45, 2.75) is 19.3 Å². The molecule has 0 aromatic carbocycles. The van der Waals surface area contributed by atoms with Crippen molar-refractivity contribution in [1.29, 1.82) is 0 Å². The summed E-state index contributed by atoms with van der Waals surface area (Å²) in [5.74, 6) is 1.64. The zero-order valence-electron chi connectivity index (χ0n) is 9.56. The molecule has 1 aliphatic rings. The Labute approximate surface area is 105 Å². The molecule has 5 heteroatoms. The first-order valence-electron chi connectivity index (χ1n) is 6.03. The van der Waals surface area contributed by atoms with Gasteiger partial charge in [0.25, 0.3) is 0 Å². The van der Waals surface area contributed by atoms with Crippen molar-refractivity contribution in [3.8, 4) is 0 Å². The van der Waals surface area contributed by atoms with Crippen LogP contribution in [0.4, 0.5) is 0 Å². The van der Waals surface area contributed by atoms with Crippen LogP contribution in [0, 0.1) is 5.92 Å². The molecule has 1 aliphatic heterocycles. The number of fused-ring (bicyclic) bond motifs is 1. The lowest BCUT2D eigenvalue weighted by molar-refractivity contribution is 0.367. The smallest absolute Gasteiger partial charge is 0.155 e. The fourth-order valence-corrected chi connectivity index (χ4v) is 2.49. The van der Waals surface area contributed by atoms with Crippen LogP contribution in [0.15, 0.2) is 18.3 Å². The Morgan fingerprint density at radius 2 is 2.18 bits per heavy atom. The molecule has 2 aromatic heterocycles. The van der Waals surface area contributed by atoms with Crippen LogP contribution in [0.2, 0.25) is 5.02 Å². The lowest BCUT2D eigenvalue weighted by atomic mass is 9.94. The fourth-order valence-electron chi connectivity index (χ4n) is 2.33. The van der Waals surface area contributed by atoms with Crippen molar-refractivity contribution in [2.24, 2.45) is 5.92 Å². The van der Waals surface area contributed by atoms with Gasteiger partial charge in [-0.25, -0.2) is 9.50 Å². The summed E-state index contributed by atoms with van der Waals surface area (Å²) in [4.78, 5) is 4.52. The van der Waals surface area contributed by atoms with E-state index in [9.17, 15) is 0 Å². The van der Waals surface area contributed by atoms with Gasteiger partial charge in [-0.2, -0.15) is 5.10 Å². The van der Waals surface area contributed by atoms with Crippen LogP contribution in [-0.2, 0) is 6.42 Å². The highest BCUT2D eigenvalue weighted by Gasteiger charge is 2.16. The first kappa shape index (κ1) is 11.0. The van der Waals surface area contributed by atoms with Crippen LogP contribution in [0.5, 0.6) is 0 Å². The van der Waals surface area contributed by atoms with E-state index in [1.54, 1.807) is 10.7 Å². The molecule has 90 valence electrons. The zero-order valence-corrected chi connectivity index (χ0v) is 10.3. The van der Waals surface area contributed by atoms with Crippen LogP contribution in [0.3, 0.4) is 0 Å². The van der Waals surface area contributed by atoms with E-state index in [-0.39, 0.29) is 0 Å². The Kier molecular flexibility index (Phi) is 2.99. The molecule has 4 nitrogen and oxygen atoms in total. The first-order chi connectivity index (χ1) is 8.31. The molecule has 0 amide bonds. The van der Waals surface area contributed by atoms with Gasteiger partial charge < -0.3 is 5.32 Å². The number of rotatable bonds is 2. The summed E-state index contributed by atoms with van der Waals surface area (Å²) in [6.07, 6.45) is 5.21. The minimum atomic E-state index is 0.691. The van der Waals surface area contributed by atoms with E-state index in [1.807, 2.05) is 12.1 Å². The van der Waals surface area contributed by atoms with Crippen molar-refractivity contribution < 1.29 is 0 Å². The van der Waals surface area contributed by atoms with E-state index in [0.717, 1.165) is 31.0 Å². The van der Waals surface area contributed by atoms with Crippen molar-refractivity contribution in [1.82, 2.24) is 19.9 Å². The summed E-state index contributed by atoms with van der Waals surface area (Å²) < 4.78 is 1.76. The van der Waals surface area contributed by atoms with E-state index >= 15 is 0 Å². The van der Waals surface area contributed by atoms with Crippen molar-refractivity contribution >= 4 is 17.2 Å². The Morgan fingerprint density at radius 1 is 1.35 bits per heavy atom. The van der Waals surface area contributed by atoms with Gasteiger partial charge in [0.2, 0.25) is 0 Å². The number of nitrogens with one attached hydrogen (secondary N) is 1. The molecular formula is C12H15ClN4. The predicted molar refractivity (Wildman–Crippen MR) is 67.3 cm³/mol. The van der Waals surface area contributed by atoms with Crippen molar-refractivity contribution in [3.05, 3.63) is 29.2 Å². The molecule has 0 spiro atoms. The predicted octanol–water partition coefficient (Wildman–Crippen LogP) is 1.92. The molecule has 3 rings (SSSR count). The molecule has 1 fully saturated rings. The van der Waals surface area contributed by atoms with Gasteiger partial charge in [0, 0.05) is 12.6 Å². The first-order valence-corrected chi connectivity index (χ1v) is 6.40. The molecule has 0 atom stereocenters. The maximum absolute atomic E-state index is 5.92. The quantitative estimate of drug-likeness (QED) is 0.886. The second-order valence-corrected chi connectivity index (χ2v) is 5.01. The van der Waals surface area contributed by atoms with E-state index in [1.165, 1.54) is 12.8 Å². The third-order valence-electron chi connectivity index (χ3n) is 3.27. The average molecular weight is 251 g/mol. The summed E-state index contributed by atoms with van der Waals surface area (Å²) in [5.41, 5.74) is 0.873. The van der Waals surface area contributed by atoms with Crippen molar-refractivity contribution in [2.75, 3.05) is 13.1 Å². The lowest BCUT2D eigenvalue weighted by Crippen LogP contribution is -2.28. The molecule has 2 aromatic rings. The third kappa shape index (κ3) is 2.42. The molecule has 0 saturated carbocycles. The van der Waals surface area contributed by atoms with Gasteiger partial charge in [-0.3, -0.25) is 0 Å². The van der Waals surface area contributed by atoms with E-state index in [0.29, 0.717) is 10.9 Å². The highest BCUT2D eigenvalue weighted by atomic mass is 35.5. The summed E-state index contributed by atoms with van der Waals surface area (Å²) in [7, 11) is 0. The number of aromatic nitrogens is 3. The van der Waals surface area contributed by atoms with Crippen molar-refractivity contribution in [3.63, 3.8) is 0 Å². The average Bonchev–Trinajstić information content (AvgIpc) is 2.71. The van der Waals surface area contributed by atoms with Gasteiger partial charge in [0.1, 0.15) is 0 Å². The summed E-state index contributed by atoms with van der Waals surface area (Å²) in [6, 6.07) is 3.75. The Bertz CT molecular complexity index is 516. The SMILES string of the molecule is Clc1ccc2nc(CC3CCNCC3)nn2c1. The molecule has 0 bridgehead atoms. The molecule has 1 N–H and O–H groups in total. The van der Waals surface area contributed by atoms with E-state index in [2.05, 4.69) is 15.4 Å². The largest absolute Gasteiger partial charge is 0.317 e. The number of halogens is 1. The Balaban J connectivity index is 1.80. The van der Waals surface area contributed by atoms with Gasteiger partial charge >= 0.3 is 0 Å². The molecule has 0 unspecified atom stereocenters. The normalized spacial score (nSPS) is 17.7. The maximum Gasteiger partial charge on any atom is 0.155 e. The summed E-state index contributed by atoms with van der Waals surface area (Å²) in [6.45, 7) is 2.23. The van der Waals surface area contributed by atoms with Gasteiger partial charge in [-0.05, 0) is 44.0 Å². The van der Waals surface area contributed by atoms with E-state index < -0.39 is 0 Å². The molecule has 3 heterocycles. The Hall–Kier alpha value is -1.13. The topological polar surface area (TPSA) is 42.2 Å². The van der Waals surface area contributed by atoms with Gasteiger partial charge in [-0.15, -0.1) is 0 Å². The van der Waals surface area contributed by atoms with Crippen LogP contribution in [-0.4, -0.2) is 27.7 Å². The minimum absolute atomic E-state index is 0.691. The number of hydrogen-bond donors (Lipinski definition) is 1. The van der Waals surface area contributed by atoms with Crippen LogP contribution >= 0.6 is 11.6 Å². The number of piperidine rings is 1. The molecular weight excluding hydrogens is 236 g/mol. The molecule has 0 radical (unpaired) electrons. The van der Waals surface area contributed by atoms with E-state index in [4.69, 9.17) is 11.6 Å². The van der Waals surface area contributed by atoms with Gasteiger partial charge in [-0.1, -0.05) is 11.6 Å². The molecule has 1 saturated heterocycles. The standard InChI is InChI=1S/C12H15ClN4/c13-10-1-2-12-15-11(16-17(12)8-10)7-9-3-5-14-6-4-9/h1-2,8-9,14H,3-7H2.